The Hall–Kier alpha value is -3.23. The van der Waals surface area contributed by atoms with Crippen LogP contribution in [0.2, 0.25) is 0 Å². The van der Waals surface area contributed by atoms with Gasteiger partial charge in [-0.25, -0.2) is 9.37 Å². The summed E-state index contributed by atoms with van der Waals surface area (Å²) in [6.45, 7) is 4.26. The molecule has 4 rings (SSSR count). The molecule has 2 heterocycles. The number of rotatable bonds is 7. The third-order valence-electron chi connectivity index (χ3n) is 5.14. The summed E-state index contributed by atoms with van der Waals surface area (Å²) in [7, 11) is 0. The number of nitrogens with zero attached hydrogens (tertiary/aromatic N) is 3. The van der Waals surface area contributed by atoms with Gasteiger partial charge >= 0.3 is 5.16 Å². The molecule has 2 atom stereocenters. The molecule has 0 aliphatic rings. The van der Waals surface area contributed by atoms with Gasteiger partial charge in [-0.05, 0) is 49.2 Å². The highest BCUT2D eigenvalue weighted by molar-refractivity contribution is 7.92. The number of hydrogen-bond donors (Lipinski definition) is 1. The summed E-state index contributed by atoms with van der Waals surface area (Å²) < 4.78 is 28.1. The van der Waals surface area contributed by atoms with Gasteiger partial charge in [0, 0.05) is 17.4 Å². The zero-order valence-corrected chi connectivity index (χ0v) is 18.6. The van der Waals surface area contributed by atoms with Crippen molar-refractivity contribution < 1.29 is 13.7 Å². The molecular weight excluding hydrogens is 427 g/mol. The fourth-order valence-corrected chi connectivity index (χ4v) is 4.48. The number of pyridine rings is 1. The minimum atomic E-state index is -1.67. The molecule has 1 N–H and O–H groups in total. The van der Waals surface area contributed by atoms with Crippen molar-refractivity contribution in [2.24, 2.45) is 0 Å². The van der Waals surface area contributed by atoms with Gasteiger partial charge in [-0.15, -0.1) is 0 Å². The summed E-state index contributed by atoms with van der Waals surface area (Å²) in [4.78, 5) is 21.5. The molecule has 2 aromatic carbocycles. The van der Waals surface area contributed by atoms with Crippen LogP contribution in [0.1, 0.15) is 29.7 Å². The molecule has 0 spiro atoms. The molecule has 0 saturated heterocycles. The van der Waals surface area contributed by atoms with E-state index in [-0.39, 0.29) is 23.5 Å². The average molecular weight is 451 g/mol. The molecule has 4 aromatic rings. The number of amides is 1. The van der Waals surface area contributed by atoms with E-state index in [0.29, 0.717) is 22.9 Å². The Labute approximate surface area is 188 Å². The molecule has 0 saturated carbocycles. The van der Waals surface area contributed by atoms with E-state index in [1.165, 1.54) is 12.1 Å². The Kier molecular flexibility index (Phi) is 6.53. The largest absolute Gasteiger partial charge is 0.609 e. The second-order valence-corrected chi connectivity index (χ2v) is 8.99. The predicted molar refractivity (Wildman–Crippen MR) is 122 cm³/mol. The van der Waals surface area contributed by atoms with Crippen LogP contribution in [-0.4, -0.2) is 30.7 Å². The van der Waals surface area contributed by atoms with E-state index >= 15 is 0 Å². The first kappa shape index (κ1) is 22.0. The number of fused-ring (bicyclic) bond motifs is 1. The van der Waals surface area contributed by atoms with Crippen molar-refractivity contribution in [2.75, 3.05) is 5.75 Å². The lowest BCUT2D eigenvalue weighted by Gasteiger charge is -2.16. The third-order valence-corrected chi connectivity index (χ3v) is 6.39. The molecule has 1 amide bonds. The summed E-state index contributed by atoms with van der Waals surface area (Å²) in [5, 5.41) is 3.13. The van der Waals surface area contributed by atoms with E-state index < -0.39 is 11.2 Å². The molecule has 8 heteroatoms. The Morgan fingerprint density at radius 1 is 1.16 bits per heavy atom. The summed E-state index contributed by atoms with van der Waals surface area (Å²) in [6, 6.07) is 17.2. The van der Waals surface area contributed by atoms with Gasteiger partial charge in [0.15, 0.2) is 11.4 Å². The van der Waals surface area contributed by atoms with E-state index in [1.807, 2.05) is 37.3 Å². The zero-order chi connectivity index (χ0) is 22.7. The highest BCUT2D eigenvalue weighted by atomic mass is 32.2. The summed E-state index contributed by atoms with van der Waals surface area (Å²) >= 11 is -1.67. The number of carbonyl (C=O) groups is 1. The van der Waals surface area contributed by atoms with E-state index in [4.69, 9.17) is 0 Å². The minimum Gasteiger partial charge on any atom is -0.609 e. The van der Waals surface area contributed by atoms with Crippen LogP contribution >= 0.6 is 0 Å². The van der Waals surface area contributed by atoms with E-state index in [1.54, 1.807) is 35.9 Å². The summed E-state index contributed by atoms with van der Waals surface area (Å²) in [5.74, 6) is -0.945. The van der Waals surface area contributed by atoms with Gasteiger partial charge in [0.1, 0.15) is 11.3 Å². The number of aryl methyl sites for hydroxylation is 1. The van der Waals surface area contributed by atoms with Crippen molar-refractivity contribution >= 4 is 28.2 Å². The maximum atomic E-state index is 13.1. The zero-order valence-electron chi connectivity index (χ0n) is 17.8. The van der Waals surface area contributed by atoms with Crippen LogP contribution in [0.15, 0.2) is 72.0 Å². The third kappa shape index (κ3) is 4.98. The topological polar surface area (TPSA) is 82.9 Å². The van der Waals surface area contributed by atoms with Crippen LogP contribution in [0.3, 0.4) is 0 Å². The molecule has 32 heavy (non-hydrogen) atoms. The molecule has 2 aromatic heterocycles. The fraction of sp³-hybridized carbons (Fsp3) is 0.208. The van der Waals surface area contributed by atoms with Crippen molar-refractivity contribution in [3.8, 4) is 0 Å². The van der Waals surface area contributed by atoms with E-state index in [2.05, 4.69) is 15.3 Å². The van der Waals surface area contributed by atoms with Gasteiger partial charge in [0.2, 0.25) is 0 Å². The SMILES string of the molecule is Cc1ccc(Cn2c([S+]([O-])CC(=O)N[C@@H](C)c3ccc(F)cc3)nc3cccnc32)cc1. The standard InChI is InChI=1S/C24H23FN4O2S/c1-16-5-7-18(8-6-16)14-29-23-21(4-3-13-26-23)28-24(29)32(31)15-22(30)27-17(2)19-9-11-20(25)12-10-19/h3-13,17H,14-15H2,1-2H3,(H,27,30)/t17-,32?/m0/s1. The predicted octanol–water partition coefficient (Wildman–Crippen LogP) is 3.91. The van der Waals surface area contributed by atoms with Gasteiger partial charge in [0.05, 0.1) is 12.6 Å². The Morgan fingerprint density at radius 3 is 2.59 bits per heavy atom. The molecule has 164 valence electrons. The van der Waals surface area contributed by atoms with Crippen molar-refractivity contribution in [1.82, 2.24) is 19.9 Å². The second kappa shape index (κ2) is 9.50. The maximum absolute atomic E-state index is 13.1. The van der Waals surface area contributed by atoms with Crippen LogP contribution in [0.5, 0.6) is 0 Å². The Balaban J connectivity index is 1.53. The number of hydrogen-bond acceptors (Lipinski definition) is 4. The normalized spacial score (nSPS) is 13.1. The lowest BCUT2D eigenvalue weighted by Crippen LogP contribution is -2.33. The van der Waals surface area contributed by atoms with Crippen LogP contribution in [0, 0.1) is 12.7 Å². The quantitative estimate of drug-likeness (QED) is 0.433. The average Bonchev–Trinajstić information content (AvgIpc) is 3.14. The summed E-state index contributed by atoms with van der Waals surface area (Å²) in [5.41, 5.74) is 4.19. The van der Waals surface area contributed by atoms with Gasteiger partial charge in [-0.1, -0.05) is 42.0 Å². The van der Waals surface area contributed by atoms with Gasteiger partial charge in [-0.3, -0.25) is 9.36 Å². The van der Waals surface area contributed by atoms with E-state index in [9.17, 15) is 13.7 Å². The molecule has 0 bridgehead atoms. The van der Waals surface area contributed by atoms with E-state index in [0.717, 1.165) is 16.7 Å². The lowest BCUT2D eigenvalue weighted by atomic mass is 10.1. The molecular formula is C24H23FN4O2S. The number of imidazole rings is 1. The number of halogens is 1. The highest BCUT2D eigenvalue weighted by Crippen LogP contribution is 2.21. The second-order valence-electron chi connectivity index (χ2n) is 7.64. The van der Waals surface area contributed by atoms with Crippen LogP contribution in [0.4, 0.5) is 4.39 Å². The van der Waals surface area contributed by atoms with Gasteiger partial charge in [-0.2, -0.15) is 4.98 Å². The van der Waals surface area contributed by atoms with Crippen molar-refractivity contribution in [2.45, 2.75) is 31.6 Å². The minimum absolute atomic E-state index is 0.233. The number of carbonyl (C=O) groups excluding carboxylic acids is 1. The van der Waals surface area contributed by atoms with Crippen LogP contribution in [0.25, 0.3) is 11.2 Å². The molecule has 0 radical (unpaired) electrons. The number of benzene rings is 2. The molecule has 1 unspecified atom stereocenters. The van der Waals surface area contributed by atoms with Gasteiger partial charge < -0.3 is 9.87 Å². The summed E-state index contributed by atoms with van der Waals surface area (Å²) in [6.07, 6.45) is 1.67. The first-order valence-corrected chi connectivity index (χ1v) is 11.5. The monoisotopic (exact) mass is 450 g/mol. The lowest BCUT2D eigenvalue weighted by molar-refractivity contribution is -0.119. The van der Waals surface area contributed by atoms with Crippen molar-refractivity contribution in [3.63, 3.8) is 0 Å². The Bertz CT molecular complexity index is 1230. The van der Waals surface area contributed by atoms with Crippen molar-refractivity contribution in [1.29, 1.82) is 0 Å². The molecule has 0 aliphatic heterocycles. The molecule has 0 aliphatic carbocycles. The first-order valence-electron chi connectivity index (χ1n) is 10.2. The highest BCUT2D eigenvalue weighted by Gasteiger charge is 2.26. The molecule has 0 fully saturated rings. The fourth-order valence-electron chi connectivity index (χ4n) is 3.43. The van der Waals surface area contributed by atoms with Crippen LogP contribution < -0.4 is 5.32 Å². The first-order chi connectivity index (χ1) is 15.4. The Morgan fingerprint density at radius 2 is 1.88 bits per heavy atom. The maximum Gasteiger partial charge on any atom is 0.326 e. The number of nitrogens with one attached hydrogen (secondary N) is 1. The van der Waals surface area contributed by atoms with Gasteiger partial charge in [0.25, 0.3) is 5.91 Å². The number of aromatic nitrogens is 3. The van der Waals surface area contributed by atoms with Crippen molar-refractivity contribution in [3.05, 3.63) is 89.4 Å². The smallest absolute Gasteiger partial charge is 0.326 e. The van der Waals surface area contributed by atoms with Crippen LogP contribution in [-0.2, 0) is 22.5 Å². The molecule has 6 nitrogen and oxygen atoms in total.